The molecule has 0 spiro atoms. The van der Waals surface area contributed by atoms with Crippen LogP contribution in [0.25, 0.3) is 21.3 Å². The molecular formula is C28H22N4O2S. The van der Waals surface area contributed by atoms with E-state index in [1.54, 1.807) is 23.7 Å². The van der Waals surface area contributed by atoms with Crippen LogP contribution in [-0.4, -0.2) is 22.6 Å². The van der Waals surface area contributed by atoms with Crippen LogP contribution in [-0.2, 0) is 13.1 Å². The Kier molecular flexibility index (Phi) is 5.60. The SMILES string of the molecule is O=C(NCc1csc(-c2cccnc2)n1)c1ccc(N2COc3ccc4ccccc4c3C2)cc1. The number of nitrogens with zero attached hydrogens (tertiary/aromatic N) is 3. The predicted octanol–water partition coefficient (Wildman–Crippen LogP) is 5.64. The number of carbonyl (C=O) groups excluding carboxylic acids is 1. The van der Waals surface area contributed by atoms with E-state index >= 15 is 0 Å². The zero-order valence-corrected chi connectivity index (χ0v) is 19.7. The molecular weight excluding hydrogens is 456 g/mol. The van der Waals surface area contributed by atoms with Gasteiger partial charge in [0.05, 0.1) is 18.8 Å². The fourth-order valence-electron chi connectivity index (χ4n) is 4.27. The van der Waals surface area contributed by atoms with E-state index in [1.807, 2.05) is 53.9 Å². The predicted molar refractivity (Wildman–Crippen MR) is 139 cm³/mol. The lowest BCUT2D eigenvalue weighted by Gasteiger charge is -2.31. The first kappa shape index (κ1) is 21.3. The average Bonchev–Trinajstić information content (AvgIpc) is 3.41. The van der Waals surface area contributed by atoms with Gasteiger partial charge in [0.25, 0.3) is 5.91 Å². The highest BCUT2D eigenvalue weighted by Gasteiger charge is 2.20. The second kappa shape index (κ2) is 9.19. The lowest BCUT2D eigenvalue weighted by Crippen LogP contribution is -2.32. The van der Waals surface area contributed by atoms with Crippen molar-refractivity contribution in [1.82, 2.24) is 15.3 Å². The third-order valence-corrected chi connectivity index (χ3v) is 7.05. The van der Waals surface area contributed by atoms with Crippen molar-refractivity contribution >= 4 is 33.7 Å². The van der Waals surface area contributed by atoms with Crippen LogP contribution >= 0.6 is 11.3 Å². The van der Waals surface area contributed by atoms with Crippen molar-refractivity contribution in [1.29, 1.82) is 0 Å². The first-order valence-corrected chi connectivity index (χ1v) is 12.2. The maximum atomic E-state index is 12.7. The third kappa shape index (κ3) is 4.34. The number of ether oxygens (including phenoxy) is 1. The number of benzene rings is 3. The Balaban J connectivity index is 1.11. The quantitative estimate of drug-likeness (QED) is 0.354. The van der Waals surface area contributed by atoms with E-state index in [0.717, 1.165) is 34.2 Å². The van der Waals surface area contributed by atoms with Crippen LogP contribution in [0.3, 0.4) is 0 Å². The molecule has 0 radical (unpaired) electrons. The van der Waals surface area contributed by atoms with E-state index < -0.39 is 0 Å². The molecule has 35 heavy (non-hydrogen) atoms. The number of amides is 1. The lowest BCUT2D eigenvalue weighted by molar-refractivity contribution is 0.0950. The summed E-state index contributed by atoms with van der Waals surface area (Å²) in [5, 5.41) is 8.23. The Morgan fingerprint density at radius 1 is 1.03 bits per heavy atom. The van der Waals surface area contributed by atoms with Crippen molar-refractivity contribution < 1.29 is 9.53 Å². The van der Waals surface area contributed by atoms with Crippen LogP contribution in [0.2, 0.25) is 0 Å². The highest BCUT2D eigenvalue weighted by Crippen LogP contribution is 2.34. The number of aromatic nitrogens is 2. The molecule has 0 unspecified atom stereocenters. The topological polar surface area (TPSA) is 67.4 Å². The van der Waals surface area contributed by atoms with Crippen LogP contribution in [0, 0.1) is 0 Å². The Hall–Kier alpha value is -4.23. The van der Waals surface area contributed by atoms with Crippen molar-refractivity contribution in [2.75, 3.05) is 11.6 Å². The van der Waals surface area contributed by atoms with E-state index in [1.165, 1.54) is 16.3 Å². The molecule has 0 fully saturated rings. The molecule has 0 atom stereocenters. The first-order chi connectivity index (χ1) is 17.2. The molecule has 1 amide bonds. The zero-order chi connectivity index (χ0) is 23.6. The Morgan fingerprint density at radius 3 is 2.77 bits per heavy atom. The molecule has 1 aliphatic heterocycles. The van der Waals surface area contributed by atoms with Gasteiger partial charge >= 0.3 is 0 Å². The molecule has 6 nitrogen and oxygen atoms in total. The number of pyridine rings is 1. The van der Waals surface area contributed by atoms with E-state index in [9.17, 15) is 4.79 Å². The summed E-state index contributed by atoms with van der Waals surface area (Å²) < 4.78 is 6.03. The maximum Gasteiger partial charge on any atom is 0.251 e. The molecule has 3 aromatic carbocycles. The summed E-state index contributed by atoms with van der Waals surface area (Å²) in [6.45, 7) is 1.60. The first-order valence-electron chi connectivity index (χ1n) is 11.4. The van der Waals surface area contributed by atoms with E-state index in [0.29, 0.717) is 18.8 Å². The molecule has 0 aliphatic carbocycles. The van der Waals surface area contributed by atoms with Gasteiger partial charge in [0.2, 0.25) is 0 Å². The number of carbonyl (C=O) groups is 1. The Morgan fingerprint density at radius 2 is 1.91 bits per heavy atom. The van der Waals surface area contributed by atoms with Crippen LogP contribution in [0.1, 0.15) is 21.6 Å². The number of thiazole rings is 1. The Bertz CT molecular complexity index is 1500. The number of rotatable bonds is 5. The van der Waals surface area contributed by atoms with Gasteiger partial charge in [0.1, 0.15) is 10.8 Å². The molecule has 6 rings (SSSR count). The summed E-state index contributed by atoms with van der Waals surface area (Å²) in [5.74, 6) is 0.809. The van der Waals surface area contributed by atoms with Crippen molar-refractivity contribution in [2.24, 2.45) is 0 Å². The zero-order valence-electron chi connectivity index (χ0n) is 18.8. The van der Waals surface area contributed by atoms with E-state index in [2.05, 4.69) is 44.5 Å². The number of fused-ring (bicyclic) bond motifs is 3. The number of nitrogens with one attached hydrogen (secondary N) is 1. The minimum absolute atomic E-state index is 0.126. The van der Waals surface area contributed by atoms with Gasteiger partial charge in [-0.25, -0.2) is 4.98 Å². The summed E-state index contributed by atoms with van der Waals surface area (Å²) in [6, 6.07) is 24.0. The molecule has 5 aromatic rings. The number of hydrogen-bond donors (Lipinski definition) is 1. The minimum atomic E-state index is -0.126. The fourth-order valence-corrected chi connectivity index (χ4v) is 5.08. The van der Waals surface area contributed by atoms with Crippen LogP contribution in [0.4, 0.5) is 5.69 Å². The molecule has 3 heterocycles. The fraction of sp³-hybridized carbons (Fsp3) is 0.107. The molecule has 1 N–H and O–H groups in total. The smallest absolute Gasteiger partial charge is 0.251 e. The molecule has 0 bridgehead atoms. The van der Waals surface area contributed by atoms with Gasteiger partial charge in [-0.3, -0.25) is 9.78 Å². The van der Waals surface area contributed by atoms with Gasteiger partial charge < -0.3 is 15.0 Å². The molecule has 2 aromatic heterocycles. The number of hydrogen-bond acceptors (Lipinski definition) is 6. The summed E-state index contributed by atoms with van der Waals surface area (Å²) in [4.78, 5) is 23.6. The summed E-state index contributed by atoms with van der Waals surface area (Å²) >= 11 is 1.54. The number of anilines is 1. The second-order valence-corrected chi connectivity index (χ2v) is 9.21. The normalized spacial score (nSPS) is 12.7. The van der Waals surface area contributed by atoms with Gasteiger partial charge in [-0.15, -0.1) is 11.3 Å². The molecule has 0 saturated carbocycles. The van der Waals surface area contributed by atoms with Crippen molar-refractivity contribution in [3.8, 4) is 16.3 Å². The van der Waals surface area contributed by atoms with Crippen LogP contribution in [0.15, 0.2) is 90.6 Å². The molecule has 0 saturated heterocycles. The highest BCUT2D eigenvalue weighted by molar-refractivity contribution is 7.13. The van der Waals surface area contributed by atoms with Crippen molar-refractivity contribution in [3.63, 3.8) is 0 Å². The van der Waals surface area contributed by atoms with Gasteiger partial charge in [0.15, 0.2) is 6.73 Å². The summed E-state index contributed by atoms with van der Waals surface area (Å²) in [5.41, 5.74) is 4.62. The summed E-state index contributed by atoms with van der Waals surface area (Å²) in [6.07, 6.45) is 3.53. The summed E-state index contributed by atoms with van der Waals surface area (Å²) in [7, 11) is 0. The van der Waals surface area contributed by atoms with Crippen LogP contribution in [0.5, 0.6) is 5.75 Å². The third-order valence-electron chi connectivity index (χ3n) is 6.11. The van der Waals surface area contributed by atoms with Crippen LogP contribution < -0.4 is 15.0 Å². The maximum absolute atomic E-state index is 12.7. The van der Waals surface area contributed by atoms with E-state index in [-0.39, 0.29) is 5.91 Å². The molecule has 1 aliphatic rings. The lowest BCUT2D eigenvalue weighted by atomic mass is 10.0. The minimum Gasteiger partial charge on any atom is -0.473 e. The molecule has 7 heteroatoms. The molecule has 172 valence electrons. The Labute approximate surface area is 206 Å². The van der Waals surface area contributed by atoms with Gasteiger partial charge in [0, 0.05) is 40.2 Å². The van der Waals surface area contributed by atoms with Gasteiger partial charge in [-0.05, 0) is 53.2 Å². The van der Waals surface area contributed by atoms with E-state index in [4.69, 9.17) is 4.74 Å². The standard InChI is InChI=1S/C28H22N4O2S/c33-27(30-15-22-17-35-28(31-22)21-5-3-13-29-14-21)20-7-10-23(11-8-20)32-16-25-24-6-2-1-4-19(24)9-12-26(25)34-18-32/h1-14,17H,15-16,18H2,(H,30,33). The van der Waals surface area contributed by atoms with Crippen molar-refractivity contribution in [2.45, 2.75) is 13.1 Å². The van der Waals surface area contributed by atoms with Crippen molar-refractivity contribution in [3.05, 3.63) is 107 Å². The second-order valence-electron chi connectivity index (χ2n) is 8.35. The highest BCUT2D eigenvalue weighted by atomic mass is 32.1. The van der Waals surface area contributed by atoms with Gasteiger partial charge in [-0.1, -0.05) is 30.3 Å². The van der Waals surface area contributed by atoms with Gasteiger partial charge in [-0.2, -0.15) is 0 Å². The monoisotopic (exact) mass is 478 g/mol. The average molecular weight is 479 g/mol. The largest absolute Gasteiger partial charge is 0.473 e.